The SMILES string of the molecule is CC(CP(=O)(P)N(C)c1ccccc1)c1ccccc1. The lowest BCUT2D eigenvalue weighted by atomic mass is 10.0. The quantitative estimate of drug-likeness (QED) is 0.725. The van der Waals surface area contributed by atoms with E-state index < -0.39 is 6.98 Å². The van der Waals surface area contributed by atoms with Crippen molar-refractivity contribution in [2.45, 2.75) is 12.8 Å². The van der Waals surface area contributed by atoms with Crippen LogP contribution in [0.15, 0.2) is 60.7 Å². The minimum Gasteiger partial charge on any atom is -0.323 e. The third kappa shape index (κ3) is 3.72. The number of hydrogen-bond acceptors (Lipinski definition) is 1. The van der Waals surface area contributed by atoms with Crippen LogP contribution in [0.1, 0.15) is 18.4 Å². The fraction of sp³-hybridized carbons (Fsp3) is 0.250. The molecule has 0 aliphatic heterocycles. The summed E-state index contributed by atoms with van der Waals surface area (Å²) in [4.78, 5) is 0. The number of rotatable bonds is 5. The van der Waals surface area contributed by atoms with Gasteiger partial charge >= 0.3 is 0 Å². The zero-order valence-electron chi connectivity index (χ0n) is 11.9. The van der Waals surface area contributed by atoms with Gasteiger partial charge in [-0.15, -0.1) is 0 Å². The molecule has 2 nitrogen and oxygen atoms in total. The van der Waals surface area contributed by atoms with Crippen molar-refractivity contribution in [3.05, 3.63) is 66.2 Å². The molecule has 0 N–H and O–H groups in total. The molecule has 0 saturated heterocycles. The van der Waals surface area contributed by atoms with Crippen LogP contribution in [-0.2, 0) is 4.57 Å². The summed E-state index contributed by atoms with van der Waals surface area (Å²) in [6, 6.07) is 20.1. The summed E-state index contributed by atoms with van der Waals surface area (Å²) in [5.41, 5.74) is 2.22. The maximum absolute atomic E-state index is 13.0. The standard InChI is InChI=1S/C16H21NOP2/c1-14(15-9-5-3-6-10-15)13-20(18,19)17(2)16-11-7-4-8-12-16/h3-12,14H,13,19H2,1-2H3. The molecule has 20 heavy (non-hydrogen) atoms. The van der Waals surface area contributed by atoms with Crippen LogP contribution >= 0.6 is 15.9 Å². The highest BCUT2D eigenvalue weighted by Gasteiger charge is 2.25. The molecule has 0 amide bonds. The topological polar surface area (TPSA) is 20.3 Å². The number of anilines is 1. The van der Waals surface area contributed by atoms with E-state index >= 15 is 0 Å². The second-order valence-electron chi connectivity index (χ2n) is 5.11. The Labute approximate surface area is 123 Å². The van der Waals surface area contributed by atoms with Crippen LogP contribution in [0.3, 0.4) is 0 Å². The maximum atomic E-state index is 13.0. The molecule has 0 fully saturated rings. The highest BCUT2D eigenvalue weighted by Crippen LogP contribution is 2.60. The lowest BCUT2D eigenvalue weighted by Gasteiger charge is -2.29. The van der Waals surface area contributed by atoms with Gasteiger partial charge in [0.2, 0.25) is 0 Å². The van der Waals surface area contributed by atoms with Crippen molar-refractivity contribution in [2.24, 2.45) is 0 Å². The smallest absolute Gasteiger partial charge is 0.186 e. The largest absolute Gasteiger partial charge is 0.323 e. The summed E-state index contributed by atoms with van der Waals surface area (Å²) in [5.74, 6) is 0.269. The molecule has 0 saturated carbocycles. The zero-order valence-corrected chi connectivity index (χ0v) is 14.0. The van der Waals surface area contributed by atoms with Crippen molar-refractivity contribution >= 4 is 21.6 Å². The number of nitrogens with zero attached hydrogens (tertiary/aromatic N) is 1. The third-order valence-corrected chi connectivity index (χ3v) is 7.53. The first-order valence-corrected chi connectivity index (χ1v) is 10.2. The Balaban J connectivity index is 2.13. The van der Waals surface area contributed by atoms with Gasteiger partial charge in [-0.3, -0.25) is 4.57 Å². The molecule has 3 unspecified atom stereocenters. The van der Waals surface area contributed by atoms with Crippen LogP contribution in [0.5, 0.6) is 0 Å². The van der Waals surface area contributed by atoms with Gasteiger partial charge in [0.1, 0.15) is 0 Å². The first-order chi connectivity index (χ1) is 9.50. The number of para-hydroxylation sites is 1. The Hall–Kier alpha value is -1.10. The Morgan fingerprint density at radius 2 is 1.55 bits per heavy atom. The molecule has 3 atom stereocenters. The van der Waals surface area contributed by atoms with E-state index in [1.165, 1.54) is 5.56 Å². The molecule has 0 aliphatic carbocycles. The fourth-order valence-corrected chi connectivity index (χ4v) is 5.35. The van der Waals surface area contributed by atoms with Crippen LogP contribution in [0.25, 0.3) is 0 Å². The molecular formula is C16H21NOP2. The average Bonchev–Trinajstić information content (AvgIpc) is 2.48. The van der Waals surface area contributed by atoms with Crippen LogP contribution in [0, 0.1) is 0 Å². The van der Waals surface area contributed by atoms with E-state index in [9.17, 15) is 4.57 Å². The molecule has 0 radical (unpaired) electrons. The Morgan fingerprint density at radius 3 is 2.10 bits per heavy atom. The number of benzene rings is 2. The van der Waals surface area contributed by atoms with Crippen LogP contribution < -0.4 is 4.67 Å². The summed E-state index contributed by atoms with van der Waals surface area (Å²) in [7, 11) is 4.48. The van der Waals surface area contributed by atoms with Gasteiger partial charge in [-0.2, -0.15) is 0 Å². The molecule has 0 heterocycles. The number of hydrogen-bond donors (Lipinski definition) is 0. The molecular weight excluding hydrogens is 284 g/mol. The van der Waals surface area contributed by atoms with E-state index in [1.807, 2.05) is 60.2 Å². The van der Waals surface area contributed by atoms with E-state index in [2.05, 4.69) is 28.0 Å². The van der Waals surface area contributed by atoms with Crippen LogP contribution in [0.2, 0.25) is 0 Å². The van der Waals surface area contributed by atoms with Gasteiger partial charge in [0.15, 0.2) is 6.98 Å². The third-order valence-electron chi connectivity index (χ3n) is 3.54. The van der Waals surface area contributed by atoms with E-state index in [4.69, 9.17) is 0 Å². The molecule has 2 rings (SSSR count). The van der Waals surface area contributed by atoms with Gasteiger partial charge in [0.05, 0.1) is 0 Å². The van der Waals surface area contributed by atoms with Gasteiger partial charge < -0.3 is 4.67 Å². The maximum Gasteiger partial charge on any atom is 0.186 e. The lowest BCUT2D eigenvalue weighted by Crippen LogP contribution is -2.14. The monoisotopic (exact) mass is 305 g/mol. The van der Waals surface area contributed by atoms with Crippen molar-refractivity contribution in [3.8, 4) is 0 Å². The van der Waals surface area contributed by atoms with E-state index in [-0.39, 0.29) is 5.92 Å². The second kappa shape index (κ2) is 6.57. The van der Waals surface area contributed by atoms with Gasteiger partial charge in [-0.05, 0) is 23.6 Å². The van der Waals surface area contributed by atoms with E-state index in [0.29, 0.717) is 6.16 Å². The summed E-state index contributed by atoms with van der Waals surface area (Å²) < 4.78 is 14.9. The summed E-state index contributed by atoms with van der Waals surface area (Å²) >= 11 is 0. The molecule has 0 spiro atoms. The first-order valence-electron chi connectivity index (χ1n) is 6.72. The van der Waals surface area contributed by atoms with Gasteiger partial charge in [-0.1, -0.05) is 64.4 Å². The normalized spacial score (nSPS) is 15.3. The Morgan fingerprint density at radius 1 is 1.05 bits per heavy atom. The highest BCUT2D eigenvalue weighted by molar-refractivity contribution is 8.18. The highest BCUT2D eigenvalue weighted by atomic mass is 32.0. The summed E-state index contributed by atoms with van der Waals surface area (Å²) in [5, 5.41) is 0. The van der Waals surface area contributed by atoms with Crippen molar-refractivity contribution in [2.75, 3.05) is 17.9 Å². The summed E-state index contributed by atoms with van der Waals surface area (Å²) in [6.07, 6.45) is 0.646. The molecule has 0 aliphatic rings. The molecule has 0 bridgehead atoms. The predicted molar refractivity (Wildman–Crippen MR) is 91.9 cm³/mol. The lowest BCUT2D eigenvalue weighted by molar-refractivity contribution is 0.580. The minimum absolute atomic E-state index is 0.269. The minimum atomic E-state index is -2.48. The van der Waals surface area contributed by atoms with Crippen molar-refractivity contribution in [1.29, 1.82) is 0 Å². The molecule has 4 heteroatoms. The molecule has 0 aromatic heterocycles. The molecule has 2 aromatic carbocycles. The Kier molecular flexibility index (Phi) is 5.02. The predicted octanol–water partition coefficient (Wildman–Crippen LogP) is 4.99. The first kappa shape index (κ1) is 15.3. The zero-order chi connectivity index (χ0) is 14.6. The van der Waals surface area contributed by atoms with E-state index in [1.54, 1.807) is 0 Å². The van der Waals surface area contributed by atoms with Gasteiger partial charge in [0, 0.05) is 18.9 Å². The fourth-order valence-electron chi connectivity index (χ4n) is 2.24. The summed E-state index contributed by atoms with van der Waals surface area (Å²) in [6.45, 7) is -0.347. The Bertz CT molecular complexity index is 586. The van der Waals surface area contributed by atoms with Crippen molar-refractivity contribution in [3.63, 3.8) is 0 Å². The van der Waals surface area contributed by atoms with E-state index in [0.717, 1.165) is 5.69 Å². The average molecular weight is 305 g/mol. The van der Waals surface area contributed by atoms with Gasteiger partial charge in [0.25, 0.3) is 0 Å². The second-order valence-corrected chi connectivity index (χ2v) is 10.0. The van der Waals surface area contributed by atoms with Crippen LogP contribution in [0.4, 0.5) is 5.69 Å². The van der Waals surface area contributed by atoms with Crippen LogP contribution in [-0.4, -0.2) is 13.2 Å². The van der Waals surface area contributed by atoms with Gasteiger partial charge in [-0.25, -0.2) is 0 Å². The van der Waals surface area contributed by atoms with Crippen molar-refractivity contribution in [1.82, 2.24) is 0 Å². The van der Waals surface area contributed by atoms with Crippen molar-refractivity contribution < 1.29 is 4.57 Å². The molecule has 2 aromatic rings. The molecule has 106 valence electrons.